The molecule has 0 bridgehead atoms. The van der Waals surface area contributed by atoms with E-state index in [4.69, 9.17) is 56.8 Å². The van der Waals surface area contributed by atoms with Gasteiger partial charge in [-0.1, -0.05) is 0 Å². The molecule has 2 rings (SSSR count). The molecule has 2 aliphatic rings. The average molecular weight is 765 g/mol. The molecule has 0 N–H and O–H groups in total. The summed E-state index contributed by atoms with van der Waals surface area (Å²) in [5.74, 6) is -6.28. The summed E-state index contributed by atoms with van der Waals surface area (Å²) >= 11 is 0. The molecule has 20 heteroatoms. The van der Waals surface area contributed by atoms with Crippen LogP contribution in [-0.4, -0.2) is 135 Å². The van der Waals surface area contributed by atoms with Gasteiger partial charge in [0.05, 0.1) is 12.2 Å². The summed E-state index contributed by atoms with van der Waals surface area (Å²) in [6.45, 7) is 11.0. The standard InChI is InChI=1S/C33H48O20/c1-14(44-32-30(50-22(9)40)28(48-20(7)38)26(46-18(5)36)24(52-32)12-42-16(3)34)11-15(2)45-33-31(51-23(10)41)29(49-21(8)39)27(47-19(6)37)25(53-33)13-43-17(4)35/h14-15,24-33H,11-13H2,1-10H3/t14-,15+,24-,25-,26-,27-,28+,29+,30+,31+,32+,33+/m1/s1. The predicted molar refractivity (Wildman–Crippen MR) is 170 cm³/mol. The molecule has 12 atom stereocenters. The van der Waals surface area contributed by atoms with Crippen LogP contribution in [0.2, 0.25) is 0 Å². The van der Waals surface area contributed by atoms with Gasteiger partial charge in [0.15, 0.2) is 49.2 Å². The van der Waals surface area contributed by atoms with Crippen LogP contribution in [0, 0.1) is 0 Å². The van der Waals surface area contributed by atoms with E-state index >= 15 is 0 Å². The van der Waals surface area contributed by atoms with E-state index in [2.05, 4.69) is 0 Å². The molecule has 0 amide bonds. The van der Waals surface area contributed by atoms with Crippen molar-refractivity contribution in [2.45, 2.75) is 149 Å². The van der Waals surface area contributed by atoms with Gasteiger partial charge in [0.1, 0.15) is 25.4 Å². The second-order valence-corrected chi connectivity index (χ2v) is 12.3. The lowest BCUT2D eigenvalue weighted by Gasteiger charge is -2.45. The maximum absolute atomic E-state index is 12.2. The monoisotopic (exact) mass is 764 g/mol. The third kappa shape index (κ3) is 14.9. The fourth-order valence-corrected chi connectivity index (χ4v) is 5.63. The summed E-state index contributed by atoms with van der Waals surface area (Å²) in [6.07, 6.45) is -15.8. The van der Waals surface area contributed by atoms with Crippen LogP contribution in [0.25, 0.3) is 0 Å². The highest BCUT2D eigenvalue weighted by Gasteiger charge is 2.55. The van der Waals surface area contributed by atoms with Gasteiger partial charge < -0.3 is 56.8 Å². The molecule has 2 saturated heterocycles. The second-order valence-electron chi connectivity index (χ2n) is 12.3. The fraction of sp³-hybridized carbons (Fsp3) is 0.758. The molecule has 2 heterocycles. The quantitative estimate of drug-likeness (QED) is 0.152. The topological polar surface area (TPSA) is 247 Å². The first-order chi connectivity index (χ1) is 24.7. The van der Waals surface area contributed by atoms with E-state index in [-0.39, 0.29) is 6.42 Å². The van der Waals surface area contributed by atoms with Gasteiger partial charge >= 0.3 is 47.8 Å². The Labute approximate surface area is 305 Å². The van der Waals surface area contributed by atoms with Crippen LogP contribution >= 0.6 is 0 Å². The molecular formula is C33H48O20. The van der Waals surface area contributed by atoms with Crippen molar-refractivity contribution in [3.8, 4) is 0 Å². The number of carbonyl (C=O) groups excluding carboxylic acids is 8. The van der Waals surface area contributed by atoms with Crippen molar-refractivity contribution in [3.05, 3.63) is 0 Å². The van der Waals surface area contributed by atoms with Gasteiger partial charge in [0.2, 0.25) is 0 Å². The molecule has 0 radical (unpaired) electrons. The van der Waals surface area contributed by atoms with Crippen molar-refractivity contribution in [1.29, 1.82) is 0 Å². The van der Waals surface area contributed by atoms with E-state index < -0.39 is 135 Å². The van der Waals surface area contributed by atoms with Crippen LogP contribution in [0.3, 0.4) is 0 Å². The Morgan fingerprint density at radius 2 is 0.679 bits per heavy atom. The lowest BCUT2D eigenvalue weighted by molar-refractivity contribution is -0.325. The Bertz CT molecular complexity index is 1230. The first-order valence-corrected chi connectivity index (χ1v) is 16.6. The van der Waals surface area contributed by atoms with Gasteiger partial charge in [-0.3, -0.25) is 38.4 Å². The Hall–Kier alpha value is -4.40. The Balaban J connectivity index is 2.40. The molecule has 2 aliphatic heterocycles. The van der Waals surface area contributed by atoms with Gasteiger partial charge in [-0.2, -0.15) is 0 Å². The average Bonchev–Trinajstić information content (AvgIpc) is 2.99. The predicted octanol–water partition coefficient (Wildman–Crippen LogP) is 0.353. The minimum atomic E-state index is -1.48. The van der Waals surface area contributed by atoms with Crippen molar-refractivity contribution < 1.29 is 95.2 Å². The third-order valence-electron chi connectivity index (χ3n) is 7.29. The third-order valence-corrected chi connectivity index (χ3v) is 7.29. The highest BCUT2D eigenvalue weighted by molar-refractivity contribution is 5.70. The normalized spacial score (nSPS) is 29.2. The Morgan fingerprint density at radius 3 is 0.943 bits per heavy atom. The van der Waals surface area contributed by atoms with Crippen molar-refractivity contribution in [3.63, 3.8) is 0 Å². The lowest BCUT2D eigenvalue weighted by atomic mass is 9.97. The van der Waals surface area contributed by atoms with Gasteiger partial charge in [-0.05, 0) is 20.3 Å². The molecule has 0 aromatic rings. The van der Waals surface area contributed by atoms with Crippen molar-refractivity contribution in [2.24, 2.45) is 0 Å². The van der Waals surface area contributed by atoms with E-state index in [1.807, 2.05) is 0 Å². The summed E-state index contributed by atoms with van der Waals surface area (Å²) in [4.78, 5) is 96.0. The van der Waals surface area contributed by atoms with Crippen molar-refractivity contribution in [2.75, 3.05) is 13.2 Å². The molecule has 0 spiro atoms. The highest BCUT2D eigenvalue weighted by atomic mass is 16.8. The first kappa shape index (κ1) is 44.8. The van der Waals surface area contributed by atoms with Crippen molar-refractivity contribution >= 4 is 47.8 Å². The summed E-state index contributed by atoms with van der Waals surface area (Å²) < 4.78 is 66.9. The molecule has 0 aromatic carbocycles. The molecule has 0 saturated carbocycles. The Kier molecular flexibility index (Phi) is 17.5. The summed E-state index contributed by atoms with van der Waals surface area (Å²) in [7, 11) is 0. The van der Waals surface area contributed by atoms with Crippen LogP contribution in [0.5, 0.6) is 0 Å². The number of carbonyl (C=O) groups is 8. The van der Waals surface area contributed by atoms with Gasteiger partial charge in [-0.25, -0.2) is 0 Å². The minimum absolute atomic E-state index is 0.0136. The summed E-state index contributed by atoms with van der Waals surface area (Å²) in [6, 6.07) is 0. The van der Waals surface area contributed by atoms with E-state index in [1.165, 1.54) is 0 Å². The van der Waals surface area contributed by atoms with Crippen LogP contribution < -0.4 is 0 Å². The van der Waals surface area contributed by atoms with Gasteiger partial charge in [-0.15, -0.1) is 0 Å². The van der Waals surface area contributed by atoms with Gasteiger partial charge in [0.25, 0.3) is 0 Å². The van der Waals surface area contributed by atoms with Crippen LogP contribution in [0.1, 0.15) is 75.7 Å². The zero-order chi connectivity index (χ0) is 40.2. The largest absolute Gasteiger partial charge is 0.463 e. The van der Waals surface area contributed by atoms with Gasteiger partial charge in [0, 0.05) is 55.4 Å². The SMILES string of the molecule is CC(=O)OC[C@H]1O[C@H](O[C@H](C)C[C@H](C)O[C@H]2O[C@H](COC(C)=O)[C@@H](OC(C)=O)[C@H](OC(C)=O)[C@@H]2OC(C)=O)[C@@H](OC(C)=O)[C@@H](OC(C)=O)[C@@H]1OC(C)=O. The van der Waals surface area contributed by atoms with Crippen LogP contribution in [0.15, 0.2) is 0 Å². The smallest absolute Gasteiger partial charge is 0.303 e. The number of ether oxygens (including phenoxy) is 12. The Morgan fingerprint density at radius 1 is 0.415 bits per heavy atom. The number of hydrogen-bond acceptors (Lipinski definition) is 20. The molecule has 300 valence electrons. The maximum atomic E-state index is 12.2. The molecule has 2 fully saturated rings. The zero-order valence-corrected chi connectivity index (χ0v) is 31.2. The van der Waals surface area contributed by atoms with E-state index in [9.17, 15) is 38.4 Å². The van der Waals surface area contributed by atoms with E-state index in [0.717, 1.165) is 55.4 Å². The first-order valence-electron chi connectivity index (χ1n) is 16.6. The molecule has 0 unspecified atom stereocenters. The van der Waals surface area contributed by atoms with Crippen LogP contribution in [-0.2, 0) is 95.2 Å². The number of rotatable bonds is 16. The maximum Gasteiger partial charge on any atom is 0.303 e. The molecule has 53 heavy (non-hydrogen) atoms. The molecule has 20 nitrogen and oxygen atoms in total. The zero-order valence-electron chi connectivity index (χ0n) is 31.2. The molecular weight excluding hydrogens is 716 g/mol. The second kappa shape index (κ2) is 20.7. The lowest BCUT2D eigenvalue weighted by Crippen LogP contribution is -2.63. The van der Waals surface area contributed by atoms with Crippen molar-refractivity contribution in [1.82, 2.24) is 0 Å². The fourth-order valence-electron chi connectivity index (χ4n) is 5.63. The number of esters is 8. The molecule has 0 aliphatic carbocycles. The minimum Gasteiger partial charge on any atom is -0.463 e. The molecule has 0 aromatic heterocycles. The van der Waals surface area contributed by atoms with Crippen LogP contribution in [0.4, 0.5) is 0 Å². The summed E-state index contributed by atoms with van der Waals surface area (Å²) in [5.41, 5.74) is 0. The summed E-state index contributed by atoms with van der Waals surface area (Å²) in [5, 5.41) is 0. The van der Waals surface area contributed by atoms with E-state index in [1.54, 1.807) is 13.8 Å². The van der Waals surface area contributed by atoms with E-state index in [0.29, 0.717) is 0 Å². The highest BCUT2D eigenvalue weighted by Crippen LogP contribution is 2.33. The number of hydrogen-bond donors (Lipinski definition) is 0.